The number of piperazine rings is 2. The third kappa shape index (κ3) is 3.48. The van der Waals surface area contributed by atoms with Crippen LogP contribution in [0.25, 0.3) is 0 Å². The summed E-state index contributed by atoms with van der Waals surface area (Å²) in [6.07, 6.45) is 1.32. The van der Waals surface area contributed by atoms with E-state index in [2.05, 4.69) is 11.8 Å². The Hall–Kier alpha value is -2.15. The van der Waals surface area contributed by atoms with E-state index < -0.39 is 5.41 Å². The maximum atomic E-state index is 14.0. The highest BCUT2D eigenvalue weighted by molar-refractivity contribution is 6.08. The number of hydrogen-bond acceptors (Lipinski definition) is 4. The average Bonchev–Trinajstić information content (AvgIpc) is 3.55. The van der Waals surface area contributed by atoms with Gasteiger partial charge in [-0.3, -0.25) is 9.59 Å². The second-order valence-corrected chi connectivity index (χ2v) is 8.04. The van der Waals surface area contributed by atoms with Crippen molar-refractivity contribution in [3.8, 4) is 0 Å². The molecule has 152 valence electrons. The normalized spacial score (nSPS) is 22.3. The van der Waals surface area contributed by atoms with Gasteiger partial charge in [0.05, 0.1) is 5.69 Å². The standard InChI is InChI=1S/C21H29FN4O2/c1-2-23-9-11-25(12-10-23)19(27)21(7-8-21)20(28)26-15-13-24(14-16-26)18-6-4-3-5-17(18)22/h3-6H,2,7-16H2,1H3. The Labute approximate surface area is 165 Å². The predicted octanol–water partition coefficient (Wildman–Crippen LogP) is 1.42. The molecule has 2 aliphatic heterocycles. The fourth-order valence-corrected chi connectivity index (χ4v) is 4.38. The van der Waals surface area contributed by atoms with Crippen molar-refractivity contribution in [3.63, 3.8) is 0 Å². The van der Waals surface area contributed by atoms with E-state index in [4.69, 9.17) is 0 Å². The zero-order valence-corrected chi connectivity index (χ0v) is 16.6. The van der Waals surface area contributed by atoms with Crippen molar-refractivity contribution in [3.05, 3.63) is 30.1 Å². The molecule has 1 aliphatic carbocycles. The van der Waals surface area contributed by atoms with Crippen molar-refractivity contribution in [2.75, 3.05) is 63.8 Å². The molecule has 28 heavy (non-hydrogen) atoms. The van der Waals surface area contributed by atoms with E-state index in [9.17, 15) is 14.0 Å². The van der Waals surface area contributed by atoms with Gasteiger partial charge in [0.15, 0.2) is 0 Å². The lowest BCUT2D eigenvalue weighted by Crippen LogP contribution is -2.56. The van der Waals surface area contributed by atoms with Gasteiger partial charge in [0.1, 0.15) is 11.2 Å². The third-order valence-corrected chi connectivity index (χ3v) is 6.44. The zero-order chi connectivity index (χ0) is 19.7. The molecule has 1 aromatic rings. The smallest absolute Gasteiger partial charge is 0.238 e. The molecule has 0 spiro atoms. The van der Waals surface area contributed by atoms with Crippen molar-refractivity contribution in [2.24, 2.45) is 5.41 Å². The lowest BCUT2D eigenvalue weighted by molar-refractivity contribution is -0.150. The van der Waals surface area contributed by atoms with Crippen LogP contribution in [0.3, 0.4) is 0 Å². The lowest BCUT2D eigenvalue weighted by atomic mass is 10.0. The number of likely N-dealkylation sites (N-methyl/N-ethyl adjacent to an activating group) is 1. The van der Waals surface area contributed by atoms with Crippen LogP contribution < -0.4 is 4.90 Å². The van der Waals surface area contributed by atoms with Gasteiger partial charge in [-0.15, -0.1) is 0 Å². The molecule has 0 bridgehead atoms. The topological polar surface area (TPSA) is 47.1 Å². The van der Waals surface area contributed by atoms with Crippen molar-refractivity contribution < 1.29 is 14.0 Å². The number of anilines is 1. The van der Waals surface area contributed by atoms with Crippen LogP contribution in [0.15, 0.2) is 24.3 Å². The van der Waals surface area contributed by atoms with Crippen LogP contribution >= 0.6 is 0 Å². The van der Waals surface area contributed by atoms with Gasteiger partial charge in [0, 0.05) is 52.4 Å². The van der Waals surface area contributed by atoms with Gasteiger partial charge >= 0.3 is 0 Å². The maximum absolute atomic E-state index is 14.0. The molecule has 2 amide bonds. The summed E-state index contributed by atoms with van der Waals surface area (Å²) in [7, 11) is 0. The van der Waals surface area contributed by atoms with E-state index in [1.165, 1.54) is 6.07 Å². The Morgan fingerprint density at radius 3 is 1.93 bits per heavy atom. The molecule has 4 rings (SSSR count). The SMILES string of the molecule is CCN1CCN(C(=O)C2(C(=O)N3CCN(c4ccccc4F)CC3)CC2)CC1. The fourth-order valence-electron chi connectivity index (χ4n) is 4.38. The number of nitrogens with zero attached hydrogens (tertiary/aromatic N) is 4. The van der Waals surface area contributed by atoms with E-state index in [0.717, 1.165) is 19.6 Å². The van der Waals surface area contributed by atoms with Crippen LogP contribution in [0.2, 0.25) is 0 Å². The van der Waals surface area contributed by atoms with E-state index in [0.29, 0.717) is 57.8 Å². The van der Waals surface area contributed by atoms with E-state index >= 15 is 0 Å². The number of rotatable bonds is 4. The molecule has 3 fully saturated rings. The Bertz CT molecular complexity index is 736. The first-order valence-electron chi connectivity index (χ1n) is 10.4. The molecule has 0 unspecified atom stereocenters. The molecule has 2 heterocycles. The van der Waals surface area contributed by atoms with Crippen LogP contribution in [0.5, 0.6) is 0 Å². The van der Waals surface area contributed by atoms with E-state index in [1.54, 1.807) is 12.1 Å². The molecule has 2 saturated heterocycles. The summed E-state index contributed by atoms with van der Waals surface area (Å²) in [5.74, 6) is -0.240. The summed E-state index contributed by atoms with van der Waals surface area (Å²) in [6.45, 7) is 8.56. The van der Waals surface area contributed by atoms with Crippen LogP contribution in [0.1, 0.15) is 19.8 Å². The first-order chi connectivity index (χ1) is 13.5. The second kappa shape index (κ2) is 7.70. The molecule has 6 nitrogen and oxygen atoms in total. The Kier molecular flexibility index (Phi) is 5.27. The van der Waals surface area contributed by atoms with Gasteiger partial charge in [-0.2, -0.15) is 0 Å². The van der Waals surface area contributed by atoms with Crippen LogP contribution in [-0.4, -0.2) is 85.4 Å². The molecular formula is C21H29FN4O2. The molecule has 0 N–H and O–H groups in total. The molecule has 1 aromatic carbocycles. The van der Waals surface area contributed by atoms with Crippen LogP contribution in [0, 0.1) is 11.2 Å². The number of carbonyl (C=O) groups excluding carboxylic acids is 2. The molecule has 7 heteroatoms. The summed E-state index contributed by atoms with van der Waals surface area (Å²) in [6, 6.07) is 6.74. The first kappa shape index (κ1) is 19.2. The van der Waals surface area contributed by atoms with Crippen molar-refractivity contribution >= 4 is 17.5 Å². The first-order valence-corrected chi connectivity index (χ1v) is 10.4. The monoisotopic (exact) mass is 388 g/mol. The number of hydrogen-bond donors (Lipinski definition) is 0. The summed E-state index contributed by atoms with van der Waals surface area (Å²) in [5.41, 5.74) is -0.241. The highest BCUT2D eigenvalue weighted by Gasteiger charge is 2.59. The molecule has 0 radical (unpaired) electrons. The molecule has 0 aromatic heterocycles. The minimum Gasteiger partial charge on any atom is -0.366 e. The zero-order valence-electron chi connectivity index (χ0n) is 16.6. The number of para-hydroxylation sites is 1. The summed E-state index contributed by atoms with van der Waals surface area (Å²) < 4.78 is 14.0. The predicted molar refractivity (Wildman–Crippen MR) is 106 cm³/mol. The number of benzene rings is 1. The minimum absolute atomic E-state index is 0.0183. The van der Waals surface area contributed by atoms with Gasteiger partial charge in [0.25, 0.3) is 0 Å². The van der Waals surface area contributed by atoms with Gasteiger partial charge in [-0.25, -0.2) is 4.39 Å². The third-order valence-electron chi connectivity index (χ3n) is 6.44. The largest absolute Gasteiger partial charge is 0.366 e. The van der Waals surface area contributed by atoms with Crippen LogP contribution in [-0.2, 0) is 9.59 Å². The number of carbonyl (C=O) groups is 2. The van der Waals surface area contributed by atoms with Gasteiger partial charge in [0.2, 0.25) is 11.8 Å². The summed E-state index contributed by atoms with van der Waals surface area (Å²) in [5, 5.41) is 0. The maximum Gasteiger partial charge on any atom is 0.238 e. The Balaban J connectivity index is 1.36. The van der Waals surface area contributed by atoms with E-state index in [-0.39, 0.29) is 17.6 Å². The quantitative estimate of drug-likeness (QED) is 0.732. The highest BCUT2D eigenvalue weighted by Crippen LogP contribution is 2.49. The fraction of sp³-hybridized carbons (Fsp3) is 0.619. The highest BCUT2D eigenvalue weighted by atomic mass is 19.1. The Morgan fingerprint density at radius 1 is 0.893 bits per heavy atom. The van der Waals surface area contributed by atoms with Gasteiger partial charge < -0.3 is 19.6 Å². The molecule has 1 saturated carbocycles. The average molecular weight is 388 g/mol. The molecule has 3 aliphatic rings. The summed E-state index contributed by atoms with van der Waals surface area (Å²) >= 11 is 0. The minimum atomic E-state index is -0.825. The number of amides is 2. The molecule has 0 atom stereocenters. The van der Waals surface area contributed by atoms with Crippen LogP contribution in [0.4, 0.5) is 10.1 Å². The van der Waals surface area contributed by atoms with Gasteiger partial charge in [-0.1, -0.05) is 19.1 Å². The Morgan fingerprint density at radius 2 is 1.43 bits per heavy atom. The van der Waals surface area contributed by atoms with Crippen molar-refractivity contribution in [1.29, 1.82) is 0 Å². The molecular weight excluding hydrogens is 359 g/mol. The van der Waals surface area contributed by atoms with Crippen molar-refractivity contribution in [1.82, 2.24) is 14.7 Å². The lowest BCUT2D eigenvalue weighted by Gasteiger charge is -2.39. The van der Waals surface area contributed by atoms with E-state index in [1.807, 2.05) is 20.8 Å². The summed E-state index contributed by atoms with van der Waals surface area (Å²) in [4.78, 5) is 34.3. The second-order valence-electron chi connectivity index (χ2n) is 8.04. The number of halogens is 1. The van der Waals surface area contributed by atoms with Crippen molar-refractivity contribution in [2.45, 2.75) is 19.8 Å². The van der Waals surface area contributed by atoms with Gasteiger partial charge in [-0.05, 0) is 31.5 Å².